The summed E-state index contributed by atoms with van der Waals surface area (Å²) < 4.78 is 5.78. The molecule has 0 spiro atoms. The molecule has 3 nitrogen and oxygen atoms in total. The molecule has 0 fully saturated rings. The first kappa shape index (κ1) is 15.5. The zero-order valence-electron chi connectivity index (χ0n) is 12.5. The highest BCUT2D eigenvalue weighted by molar-refractivity contribution is 5.25. The summed E-state index contributed by atoms with van der Waals surface area (Å²) in [5.41, 5.74) is 0.635. The van der Waals surface area contributed by atoms with Crippen molar-refractivity contribution in [1.29, 1.82) is 0 Å². The van der Waals surface area contributed by atoms with E-state index in [0.717, 1.165) is 17.9 Å². The second-order valence-electron chi connectivity index (χ2n) is 5.05. The molecular weight excluding hydrogens is 262 g/mol. The zero-order valence-corrected chi connectivity index (χ0v) is 12.5. The van der Waals surface area contributed by atoms with E-state index in [-0.39, 0.29) is 6.61 Å². The first-order valence-corrected chi connectivity index (χ1v) is 7.40. The quantitative estimate of drug-likeness (QED) is 0.783. The number of aliphatic hydroxyl groups excluding tert-OH is 1. The highest BCUT2D eigenvalue weighted by atomic mass is 16.5. The molecule has 0 saturated heterocycles. The molecule has 2 rings (SSSR count). The van der Waals surface area contributed by atoms with Crippen molar-refractivity contribution in [1.82, 2.24) is 5.32 Å². The Kier molecular flexibility index (Phi) is 5.78. The molecule has 112 valence electrons. The Morgan fingerprint density at radius 2 is 1.62 bits per heavy atom. The minimum atomic E-state index is -0.454. The topological polar surface area (TPSA) is 41.5 Å². The van der Waals surface area contributed by atoms with E-state index in [1.165, 1.54) is 0 Å². The zero-order chi connectivity index (χ0) is 15.0. The first-order valence-electron chi connectivity index (χ1n) is 7.40. The van der Waals surface area contributed by atoms with Crippen molar-refractivity contribution in [2.24, 2.45) is 0 Å². The van der Waals surface area contributed by atoms with Crippen LogP contribution in [0, 0.1) is 0 Å². The number of ether oxygens (including phenoxy) is 1. The monoisotopic (exact) mass is 285 g/mol. The molecule has 0 radical (unpaired) electrons. The van der Waals surface area contributed by atoms with Gasteiger partial charge in [-0.05, 0) is 24.2 Å². The molecule has 0 aliphatic rings. The molecule has 2 N–H and O–H groups in total. The summed E-state index contributed by atoms with van der Waals surface area (Å²) >= 11 is 0. The van der Waals surface area contributed by atoms with Gasteiger partial charge >= 0.3 is 0 Å². The summed E-state index contributed by atoms with van der Waals surface area (Å²) in [4.78, 5) is 0. The van der Waals surface area contributed by atoms with Crippen LogP contribution in [0.2, 0.25) is 0 Å². The van der Waals surface area contributed by atoms with Gasteiger partial charge in [-0.2, -0.15) is 0 Å². The predicted octanol–water partition coefficient (Wildman–Crippen LogP) is 2.95. The molecule has 0 aliphatic carbocycles. The second-order valence-corrected chi connectivity index (χ2v) is 5.05. The van der Waals surface area contributed by atoms with Crippen LogP contribution in [0.1, 0.15) is 18.9 Å². The van der Waals surface area contributed by atoms with Gasteiger partial charge in [-0.25, -0.2) is 0 Å². The average molecular weight is 285 g/mol. The van der Waals surface area contributed by atoms with E-state index in [0.29, 0.717) is 13.0 Å². The lowest BCUT2D eigenvalue weighted by Gasteiger charge is -2.33. The van der Waals surface area contributed by atoms with Crippen LogP contribution in [0.3, 0.4) is 0 Å². The number of para-hydroxylation sites is 1. The Labute approximate surface area is 126 Å². The Bertz CT molecular complexity index is 515. The molecule has 1 unspecified atom stereocenters. The van der Waals surface area contributed by atoms with Gasteiger partial charge in [0.05, 0.1) is 18.8 Å². The summed E-state index contributed by atoms with van der Waals surface area (Å²) in [5, 5.41) is 13.4. The maximum absolute atomic E-state index is 9.94. The van der Waals surface area contributed by atoms with Gasteiger partial charge in [0, 0.05) is 6.42 Å². The molecule has 0 amide bonds. The smallest absolute Gasteiger partial charge is 0.119 e. The van der Waals surface area contributed by atoms with Crippen molar-refractivity contribution in [2.75, 3.05) is 19.8 Å². The third-order valence-electron chi connectivity index (χ3n) is 3.65. The van der Waals surface area contributed by atoms with E-state index >= 15 is 0 Å². The summed E-state index contributed by atoms with van der Waals surface area (Å²) in [6.07, 6.45) is 0.705. The number of aliphatic hydroxyl groups is 1. The third-order valence-corrected chi connectivity index (χ3v) is 3.65. The van der Waals surface area contributed by atoms with Crippen LogP contribution < -0.4 is 10.1 Å². The third kappa shape index (κ3) is 4.06. The largest absolute Gasteiger partial charge is 0.494 e. The fraction of sp³-hybridized carbons (Fsp3) is 0.333. The van der Waals surface area contributed by atoms with Crippen molar-refractivity contribution in [3.05, 3.63) is 66.2 Å². The van der Waals surface area contributed by atoms with E-state index < -0.39 is 5.54 Å². The van der Waals surface area contributed by atoms with Crippen molar-refractivity contribution in [3.63, 3.8) is 0 Å². The minimum Gasteiger partial charge on any atom is -0.494 e. The van der Waals surface area contributed by atoms with Gasteiger partial charge in [-0.1, -0.05) is 55.5 Å². The summed E-state index contributed by atoms with van der Waals surface area (Å²) in [5.74, 6) is 0.855. The van der Waals surface area contributed by atoms with Crippen LogP contribution in [0.15, 0.2) is 60.7 Å². The fourth-order valence-corrected chi connectivity index (χ4v) is 2.52. The minimum absolute atomic E-state index is 0.0446. The predicted molar refractivity (Wildman–Crippen MR) is 85.4 cm³/mol. The van der Waals surface area contributed by atoms with Gasteiger partial charge in [0.15, 0.2) is 0 Å². The maximum Gasteiger partial charge on any atom is 0.119 e. The molecular formula is C18H23NO2. The van der Waals surface area contributed by atoms with Crippen LogP contribution in [-0.2, 0) is 5.54 Å². The Balaban J connectivity index is 2.06. The van der Waals surface area contributed by atoms with Gasteiger partial charge in [-0.3, -0.25) is 0 Å². The number of nitrogens with one attached hydrogen (secondary N) is 1. The van der Waals surface area contributed by atoms with Crippen molar-refractivity contribution in [2.45, 2.75) is 18.9 Å². The number of hydrogen-bond acceptors (Lipinski definition) is 3. The fourth-order valence-electron chi connectivity index (χ4n) is 2.52. The highest BCUT2D eigenvalue weighted by Crippen LogP contribution is 2.25. The lowest BCUT2D eigenvalue weighted by molar-refractivity contribution is 0.131. The Morgan fingerprint density at radius 3 is 2.19 bits per heavy atom. The number of likely N-dealkylation sites (N-methyl/N-ethyl adjacent to an activating group) is 1. The second kappa shape index (κ2) is 7.81. The number of benzene rings is 2. The van der Waals surface area contributed by atoms with Gasteiger partial charge in [0.1, 0.15) is 5.75 Å². The molecule has 1 atom stereocenters. The van der Waals surface area contributed by atoms with Crippen LogP contribution in [0.5, 0.6) is 5.75 Å². The van der Waals surface area contributed by atoms with Crippen LogP contribution in [-0.4, -0.2) is 24.9 Å². The summed E-state index contributed by atoms with van der Waals surface area (Å²) in [7, 11) is 0. The SMILES string of the molecule is CCNC(CO)(CCOc1ccccc1)c1ccccc1. The van der Waals surface area contributed by atoms with Crippen LogP contribution in [0.4, 0.5) is 0 Å². The lowest BCUT2D eigenvalue weighted by atomic mass is 9.87. The number of hydrogen-bond donors (Lipinski definition) is 2. The average Bonchev–Trinajstić information content (AvgIpc) is 2.56. The van der Waals surface area contributed by atoms with E-state index in [9.17, 15) is 5.11 Å². The standard InChI is InChI=1S/C18H23NO2/c1-2-19-18(15-20,16-9-5-3-6-10-16)13-14-21-17-11-7-4-8-12-17/h3-12,19-20H,2,13-15H2,1H3. The Morgan fingerprint density at radius 1 is 1.00 bits per heavy atom. The Hall–Kier alpha value is -1.84. The maximum atomic E-state index is 9.94. The summed E-state index contributed by atoms with van der Waals surface area (Å²) in [6, 6.07) is 19.8. The van der Waals surface area contributed by atoms with Crippen molar-refractivity contribution >= 4 is 0 Å². The van der Waals surface area contributed by atoms with Gasteiger partial charge in [0.25, 0.3) is 0 Å². The van der Waals surface area contributed by atoms with E-state index in [2.05, 4.69) is 5.32 Å². The van der Waals surface area contributed by atoms with Crippen molar-refractivity contribution < 1.29 is 9.84 Å². The summed E-state index contributed by atoms with van der Waals surface area (Å²) in [6.45, 7) is 3.43. The highest BCUT2D eigenvalue weighted by Gasteiger charge is 2.30. The van der Waals surface area contributed by atoms with E-state index in [1.807, 2.05) is 67.6 Å². The molecule has 2 aromatic rings. The van der Waals surface area contributed by atoms with Gasteiger partial charge in [0.2, 0.25) is 0 Å². The lowest BCUT2D eigenvalue weighted by Crippen LogP contribution is -2.46. The van der Waals surface area contributed by atoms with E-state index in [1.54, 1.807) is 0 Å². The van der Waals surface area contributed by atoms with E-state index in [4.69, 9.17) is 4.74 Å². The molecule has 3 heteroatoms. The molecule has 0 aliphatic heterocycles. The van der Waals surface area contributed by atoms with Crippen LogP contribution in [0.25, 0.3) is 0 Å². The van der Waals surface area contributed by atoms with Gasteiger partial charge in [-0.15, -0.1) is 0 Å². The molecule has 0 heterocycles. The van der Waals surface area contributed by atoms with Gasteiger partial charge < -0.3 is 15.2 Å². The van der Waals surface area contributed by atoms with Crippen LogP contribution >= 0.6 is 0 Å². The molecule has 0 bridgehead atoms. The number of rotatable bonds is 8. The first-order chi connectivity index (χ1) is 10.3. The van der Waals surface area contributed by atoms with Crippen molar-refractivity contribution in [3.8, 4) is 5.75 Å². The molecule has 0 saturated carbocycles. The normalized spacial score (nSPS) is 13.6. The molecule has 21 heavy (non-hydrogen) atoms. The molecule has 0 aromatic heterocycles. The molecule has 2 aromatic carbocycles.